The Morgan fingerprint density at radius 3 is 2.69 bits per heavy atom. The molecule has 1 aliphatic heterocycles. The first-order chi connectivity index (χ1) is 12.5. The Morgan fingerprint density at radius 2 is 1.96 bits per heavy atom. The topological polar surface area (TPSA) is 90.9 Å². The van der Waals surface area contributed by atoms with E-state index in [4.69, 9.17) is 14.2 Å². The fraction of sp³-hybridized carbons (Fsp3) is 0.421. The van der Waals surface area contributed by atoms with Crippen LogP contribution in [0, 0.1) is 0 Å². The van der Waals surface area contributed by atoms with Crippen molar-refractivity contribution in [3.05, 3.63) is 30.0 Å². The molecule has 26 heavy (non-hydrogen) atoms. The molecule has 0 aromatic heterocycles. The molecular weight excluding hydrogens is 338 g/mol. The molecule has 1 amide bonds. The van der Waals surface area contributed by atoms with E-state index in [2.05, 4.69) is 5.32 Å². The number of fused-ring (bicyclic) bond motifs is 1. The highest BCUT2D eigenvalue weighted by atomic mass is 16.5. The third-order valence-corrected chi connectivity index (χ3v) is 3.63. The van der Waals surface area contributed by atoms with Gasteiger partial charge in [0.25, 0.3) is 0 Å². The summed E-state index contributed by atoms with van der Waals surface area (Å²) in [5.41, 5.74) is 1.52. The summed E-state index contributed by atoms with van der Waals surface area (Å²) in [6.07, 6.45) is 4.56. The summed E-state index contributed by atoms with van der Waals surface area (Å²) in [6, 6.07) is 3.55. The summed E-state index contributed by atoms with van der Waals surface area (Å²) in [6.45, 7) is 3.72. The molecule has 0 atom stereocenters. The van der Waals surface area contributed by atoms with Gasteiger partial charge in [-0.05, 0) is 32.4 Å². The van der Waals surface area contributed by atoms with Crippen molar-refractivity contribution < 1.29 is 28.6 Å². The average molecular weight is 361 g/mol. The maximum absolute atomic E-state index is 11.7. The lowest BCUT2D eigenvalue weighted by atomic mass is 10.0. The molecule has 1 aromatic carbocycles. The number of hydrogen-bond donors (Lipinski definition) is 1. The molecule has 0 saturated carbocycles. The summed E-state index contributed by atoms with van der Waals surface area (Å²) >= 11 is 0. The lowest BCUT2D eigenvalue weighted by Gasteiger charge is -2.22. The number of ketones is 1. The number of carbonyl (C=O) groups excluding carboxylic acids is 3. The van der Waals surface area contributed by atoms with Crippen molar-refractivity contribution in [2.45, 2.75) is 39.5 Å². The van der Waals surface area contributed by atoms with E-state index in [9.17, 15) is 14.4 Å². The van der Waals surface area contributed by atoms with Crippen LogP contribution in [0.5, 0.6) is 11.5 Å². The molecule has 1 N–H and O–H groups in total. The number of anilines is 1. The standard InChI is InChI=1S/C19H23NO6/c1-3-9-24-16-7-6-15(14-5-8-17(22)20-19(14)16)25-10-4-11-26-18(23)12-13(2)21/h3,6-7,9H,4-5,8,10-12H2,1-2H3,(H,20,22). The molecule has 7 nitrogen and oxygen atoms in total. The van der Waals surface area contributed by atoms with Crippen LogP contribution in [0.4, 0.5) is 5.69 Å². The molecule has 0 spiro atoms. The van der Waals surface area contributed by atoms with Crippen LogP contribution in [0.25, 0.3) is 0 Å². The van der Waals surface area contributed by atoms with Gasteiger partial charge in [-0.2, -0.15) is 0 Å². The molecule has 1 aliphatic rings. The van der Waals surface area contributed by atoms with Crippen LogP contribution in [-0.2, 0) is 25.5 Å². The SMILES string of the molecule is CC=COc1ccc(OCCCOC(=O)CC(C)=O)c2c1NC(=O)CC2. The van der Waals surface area contributed by atoms with E-state index >= 15 is 0 Å². The first-order valence-electron chi connectivity index (χ1n) is 8.52. The second-order valence-electron chi connectivity index (χ2n) is 5.85. The fourth-order valence-electron chi connectivity index (χ4n) is 2.49. The molecule has 1 aromatic rings. The monoisotopic (exact) mass is 361 g/mol. The van der Waals surface area contributed by atoms with Gasteiger partial charge in [0.1, 0.15) is 18.0 Å². The molecule has 0 fully saturated rings. The smallest absolute Gasteiger partial charge is 0.313 e. The van der Waals surface area contributed by atoms with Gasteiger partial charge in [0.2, 0.25) is 5.91 Å². The van der Waals surface area contributed by atoms with Gasteiger partial charge >= 0.3 is 5.97 Å². The Kier molecular flexibility index (Phi) is 7.20. The van der Waals surface area contributed by atoms with Gasteiger partial charge in [-0.3, -0.25) is 14.4 Å². The summed E-state index contributed by atoms with van der Waals surface area (Å²) in [5, 5.41) is 2.83. The van der Waals surface area contributed by atoms with Gasteiger partial charge in [-0.25, -0.2) is 0 Å². The number of amides is 1. The zero-order valence-electron chi connectivity index (χ0n) is 15.0. The lowest BCUT2D eigenvalue weighted by Crippen LogP contribution is -2.20. The summed E-state index contributed by atoms with van der Waals surface area (Å²) < 4.78 is 16.3. The zero-order valence-corrected chi connectivity index (χ0v) is 15.0. The molecule has 7 heteroatoms. The molecular formula is C19H23NO6. The largest absolute Gasteiger partial charge is 0.493 e. The second-order valence-corrected chi connectivity index (χ2v) is 5.85. The van der Waals surface area contributed by atoms with E-state index in [0.717, 1.165) is 5.56 Å². The molecule has 2 rings (SSSR count). The first-order valence-corrected chi connectivity index (χ1v) is 8.52. The Morgan fingerprint density at radius 1 is 1.19 bits per heavy atom. The van der Waals surface area contributed by atoms with E-state index < -0.39 is 5.97 Å². The molecule has 0 aliphatic carbocycles. The molecule has 1 heterocycles. The lowest BCUT2D eigenvalue weighted by molar-refractivity contribution is -0.145. The minimum absolute atomic E-state index is 0.0580. The van der Waals surface area contributed by atoms with E-state index in [1.165, 1.54) is 6.92 Å². The van der Waals surface area contributed by atoms with Crippen LogP contribution in [0.1, 0.15) is 38.7 Å². The maximum Gasteiger partial charge on any atom is 0.313 e. The Hall–Kier alpha value is -2.83. The minimum atomic E-state index is -0.525. The number of benzene rings is 1. The van der Waals surface area contributed by atoms with Crippen LogP contribution in [0.15, 0.2) is 24.5 Å². The van der Waals surface area contributed by atoms with Gasteiger partial charge in [0.15, 0.2) is 5.75 Å². The number of rotatable bonds is 9. The normalized spacial score (nSPS) is 13.1. The average Bonchev–Trinajstić information content (AvgIpc) is 2.59. The zero-order chi connectivity index (χ0) is 18.9. The summed E-state index contributed by atoms with van der Waals surface area (Å²) in [7, 11) is 0. The highest BCUT2D eigenvalue weighted by Crippen LogP contribution is 2.39. The predicted octanol–water partition coefficient (Wildman–Crippen LogP) is 2.77. The second kappa shape index (κ2) is 9.60. The maximum atomic E-state index is 11.7. The number of carbonyl (C=O) groups is 3. The number of Topliss-reactive ketones (excluding diaryl/α,β-unsaturated/α-hetero) is 1. The first kappa shape index (κ1) is 19.5. The van der Waals surface area contributed by atoms with Crippen LogP contribution in [0.3, 0.4) is 0 Å². The summed E-state index contributed by atoms with van der Waals surface area (Å²) in [5.74, 6) is 0.431. The van der Waals surface area contributed by atoms with E-state index in [1.807, 2.05) is 6.92 Å². The van der Waals surface area contributed by atoms with Gasteiger partial charge in [0, 0.05) is 18.4 Å². The molecule has 140 valence electrons. The highest BCUT2D eigenvalue weighted by molar-refractivity contribution is 5.96. The van der Waals surface area contributed by atoms with Crippen molar-refractivity contribution in [1.29, 1.82) is 0 Å². The van der Waals surface area contributed by atoms with Crippen molar-refractivity contribution in [3.8, 4) is 11.5 Å². The Balaban J connectivity index is 1.93. The Bertz CT molecular complexity index is 710. The highest BCUT2D eigenvalue weighted by Gasteiger charge is 2.22. The third kappa shape index (κ3) is 5.61. The number of hydrogen-bond acceptors (Lipinski definition) is 6. The molecule has 0 bridgehead atoms. The number of allylic oxidation sites excluding steroid dienone is 1. The third-order valence-electron chi connectivity index (χ3n) is 3.63. The van der Waals surface area contributed by atoms with Gasteiger partial charge in [-0.15, -0.1) is 0 Å². The van der Waals surface area contributed by atoms with Crippen molar-refractivity contribution >= 4 is 23.3 Å². The quantitative estimate of drug-likeness (QED) is 0.315. The molecule has 0 unspecified atom stereocenters. The number of esters is 1. The van der Waals surface area contributed by atoms with Crippen LogP contribution in [-0.4, -0.2) is 30.9 Å². The molecule has 0 saturated heterocycles. The van der Waals surface area contributed by atoms with Crippen LogP contribution in [0.2, 0.25) is 0 Å². The molecule has 0 radical (unpaired) electrons. The predicted molar refractivity (Wildman–Crippen MR) is 95.2 cm³/mol. The van der Waals surface area contributed by atoms with Crippen LogP contribution < -0.4 is 14.8 Å². The Labute approximate surface area is 152 Å². The van der Waals surface area contributed by atoms with Crippen LogP contribution >= 0.6 is 0 Å². The van der Waals surface area contributed by atoms with Gasteiger partial charge < -0.3 is 19.5 Å². The van der Waals surface area contributed by atoms with E-state index in [-0.39, 0.29) is 24.7 Å². The van der Waals surface area contributed by atoms with Gasteiger partial charge in [0.05, 0.1) is 25.2 Å². The van der Waals surface area contributed by atoms with E-state index in [1.54, 1.807) is 24.5 Å². The fourth-order valence-corrected chi connectivity index (χ4v) is 2.49. The van der Waals surface area contributed by atoms with Crippen molar-refractivity contribution in [2.75, 3.05) is 18.5 Å². The number of ether oxygens (including phenoxy) is 3. The van der Waals surface area contributed by atoms with Crippen molar-refractivity contribution in [1.82, 2.24) is 0 Å². The number of nitrogens with one attached hydrogen (secondary N) is 1. The van der Waals surface area contributed by atoms with Crippen molar-refractivity contribution in [3.63, 3.8) is 0 Å². The van der Waals surface area contributed by atoms with Gasteiger partial charge in [-0.1, -0.05) is 6.08 Å². The minimum Gasteiger partial charge on any atom is -0.493 e. The van der Waals surface area contributed by atoms with Crippen molar-refractivity contribution in [2.24, 2.45) is 0 Å². The van der Waals surface area contributed by atoms with E-state index in [0.29, 0.717) is 43.1 Å². The summed E-state index contributed by atoms with van der Waals surface area (Å²) in [4.78, 5) is 33.8.